The van der Waals surface area contributed by atoms with E-state index in [4.69, 9.17) is 4.74 Å². The fourth-order valence-electron chi connectivity index (χ4n) is 2.47. The van der Waals surface area contributed by atoms with Gasteiger partial charge in [0.05, 0.1) is 13.5 Å². The largest absolute Gasteiger partial charge is 0.467 e. The summed E-state index contributed by atoms with van der Waals surface area (Å²) in [5.74, 6) is -2.52. The highest BCUT2D eigenvalue weighted by Crippen LogP contribution is 2.12. The molecule has 0 aliphatic rings. The number of allylic oxidation sites excluding steroid dienone is 1. The Hall–Kier alpha value is -2.24. The van der Waals surface area contributed by atoms with Crippen molar-refractivity contribution in [2.75, 3.05) is 7.11 Å². The van der Waals surface area contributed by atoms with Crippen LogP contribution in [-0.4, -0.2) is 25.0 Å². The summed E-state index contributed by atoms with van der Waals surface area (Å²) in [6.45, 7) is 3.66. The summed E-state index contributed by atoms with van der Waals surface area (Å²) in [5.41, 5.74) is 0.0759. The first-order valence-corrected chi connectivity index (χ1v) is 8.40. The van der Waals surface area contributed by atoms with Crippen LogP contribution in [0.2, 0.25) is 0 Å². The first-order valence-electron chi connectivity index (χ1n) is 8.40. The second-order valence-corrected chi connectivity index (χ2v) is 5.84. The van der Waals surface area contributed by atoms with Crippen LogP contribution in [0.25, 0.3) is 0 Å². The Morgan fingerprint density at radius 2 is 1.96 bits per heavy atom. The van der Waals surface area contributed by atoms with Gasteiger partial charge in [-0.25, -0.2) is 13.6 Å². The lowest BCUT2D eigenvalue weighted by molar-refractivity contribution is -0.145. The summed E-state index contributed by atoms with van der Waals surface area (Å²) in [5, 5.41) is 2.57. The Morgan fingerprint density at radius 1 is 1.24 bits per heavy atom. The van der Waals surface area contributed by atoms with E-state index in [0.717, 1.165) is 44.2 Å². The molecule has 0 unspecified atom stereocenters. The Bertz CT molecular complexity index is 590. The van der Waals surface area contributed by atoms with Gasteiger partial charge in [0.25, 0.3) is 0 Å². The molecule has 1 rings (SSSR count). The van der Waals surface area contributed by atoms with Crippen molar-refractivity contribution in [2.45, 2.75) is 51.0 Å². The summed E-state index contributed by atoms with van der Waals surface area (Å²) < 4.78 is 31.2. The molecule has 0 aliphatic carbocycles. The molecule has 0 saturated heterocycles. The van der Waals surface area contributed by atoms with Crippen LogP contribution >= 0.6 is 0 Å². The molecule has 138 valence electrons. The number of methoxy groups -OCH3 is 1. The second-order valence-electron chi connectivity index (χ2n) is 5.84. The number of halogens is 2. The number of rotatable bonds is 11. The van der Waals surface area contributed by atoms with Gasteiger partial charge in [-0.3, -0.25) is 4.79 Å². The van der Waals surface area contributed by atoms with Crippen LogP contribution in [-0.2, 0) is 20.7 Å². The van der Waals surface area contributed by atoms with E-state index >= 15 is 0 Å². The van der Waals surface area contributed by atoms with Gasteiger partial charge in [0.1, 0.15) is 17.7 Å². The van der Waals surface area contributed by atoms with Gasteiger partial charge < -0.3 is 10.1 Å². The molecule has 1 aromatic carbocycles. The maximum absolute atomic E-state index is 13.6. The van der Waals surface area contributed by atoms with Gasteiger partial charge in [-0.05, 0) is 30.9 Å². The van der Waals surface area contributed by atoms with Crippen LogP contribution in [0.3, 0.4) is 0 Å². The van der Waals surface area contributed by atoms with E-state index < -0.39 is 29.6 Å². The molecule has 0 aromatic heterocycles. The maximum Gasteiger partial charge on any atom is 0.328 e. The highest BCUT2D eigenvalue weighted by molar-refractivity contribution is 5.85. The zero-order valence-electron chi connectivity index (χ0n) is 14.5. The van der Waals surface area contributed by atoms with Crippen LogP contribution in [0.1, 0.15) is 44.1 Å². The molecule has 0 radical (unpaired) electrons. The number of ether oxygens (including phenoxy) is 1. The third-order valence-corrected chi connectivity index (χ3v) is 3.84. The Kier molecular flexibility index (Phi) is 9.43. The number of nitrogens with one attached hydrogen (secondary N) is 1. The van der Waals surface area contributed by atoms with Crippen molar-refractivity contribution in [2.24, 2.45) is 0 Å². The maximum atomic E-state index is 13.6. The van der Waals surface area contributed by atoms with Crippen LogP contribution < -0.4 is 5.32 Å². The van der Waals surface area contributed by atoms with E-state index in [1.165, 1.54) is 13.2 Å². The minimum Gasteiger partial charge on any atom is -0.467 e. The van der Waals surface area contributed by atoms with E-state index in [1.54, 1.807) is 0 Å². The predicted octanol–water partition coefficient (Wildman–Crippen LogP) is 3.69. The second kappa shape index (κ2) is 11.3. The molecule has 1 amide bonds. The number of unbranched alkanes of at least 4 members (excludes halogenated alkanes) is 4. The number of hydrogen-bond acceptors (Lipinski definition) is 3. The lowest BCUT2D eigenvalue weighted by atomic mass is 10.1. The number of benzene rings is 1. The number of carbonyl (C=O) groups is 2. The molecule has 0 saturated carbocycles. The standard InChI is InChI=1S/C19H25F2NO3/c1-3-4-5-6-7-8-9-17(19(24)25-2)22-18(23)12-14-10-11-15(20)13-16(14)21/h3,10-11,13,17H,1,4-9,12H2,2H3,(H,22,23)/t17-/m1/s1. The zero-order valence-corrected chi connectivity index (χ0v) is 14.5. The van der Waals surface area contributed by atoms with Crippen molar-refractivity contribution in [3.63, 3.8) is 0 Å². The van der Waals surface area contributed by atoms with Gasteiger partial charge in [0, 0.05) is 6.07 Å². The number of amides is 1. The van der Waals surface area contributed by atoms with Crippen molar-refractivity contribution in [3.8, 4) is 0 Å². The molecule has 6 heteroatoms. The van der Waals surface area contributed by atoms with Gasteiger partial charge >= 0.3 is 5.97 Å². The molecule has 1 atom stereocenters. The molecular formula is C19H25F2NO3. The molecule has 0 spiro atoms. The Labute approximate surface area is 147 Å². The van der Waals surface area contributed by atoms with Crippen molar-refractivity contribution in [3.05, 3.63) is 48.1 Å². The Morgan fingerprint density at radius 3 is 2.60 bits per heavy atom. The van der Waals surface area contributed by atoms with Crippen LogP contribution in [0, 0.1) is 11.6 Å². The summed E-state index contributed by atoms with van der Waals surface area (Å²) in [6.07, 6.45) is 6.78. The van der Waals surface area contributed by atoms with Gasteiger partial charge in [0.2, 0.25) is 5.91 Å². The van der Waals surface area contributed by atoms with E-state index in [-0.39, 0.29) is 12.0 Å². The molecule has 0 fully saturated rings. The van der Waals surface area contributed by atoms with Gasteiger partial charge in [-0.15, -0.1) is 6.58 Å². The van der Waals surface area contributed by atoms with Gasteiger partial charge in [-0.1, -0.05) is 31.4 Å². The molecule has 25 heavy (non-hydrogen) atoms. The zero-order chi connectivity index (χ0) is 18.7. The fraction of sp³-hybridized carbons (Fsp3) is 0.474. The van der Waals surface area contributed by atoms with Crippen molar-refractivity contribution in [1.29, 1.82) is 0 Å². The first kappa shape index (κ1) is 20.8. The third-order valence-electron chi connectivity index (χ3n) is 3.84. The lowest BCUT2D eigenvalue weighted by Crippen LogP contribution is -2.42. The third kappa shape index (κ3) is 7.92. The summed E-state index contributed by atoms with van der Waals surface area (Å²) >= 11 is 0. The van der Waals surface area contributed by atoms with Crippen molar-refractivity contribution in [1.82, 2.24) is 5.32 Å². The Balaban J connectivity index is 2.51. The smallest absolute Gasteiger partial charge is 0.328 e. The van der Waals surface area contributed by atoms with E-state index in [0.29, 0.717) is 6.42 Å². The summed E-state index contributed by atoms with van der Waals surface area (Å²) in [4.78, 5) is 23.9. The molecule has 0 heterocycles. The number of carbonyl (C=O) groups excluding carboxylic acids is 2. The first-order chi connectivity index (χ1) is 12.0. The van der Waals surface area contributed by atoms with Crippen molar-refractivity contribution >= 4 is 11.9 Å². The molecule has 1 aromatic rings. The molecule has 4 nitrogen and oxygen atoms in total. The van der Waals surface area contributed by atoms with Gasteiger partial charge in [0.15, 0.2) is 0 Å². The topological polar surface area (TPSA) is 55.4 Å². The van der Waals surface area contributed by atoms with Crippen LogP contribution in [0.4, 0.5) is 8.78 Å². The van der Waals surface area contributed by atoms with E-state index in [1.807, 2.05) is 6.08 Å². The average Bonchev–Trinajstić information content (AvgIpc) is 2.58. The van der Waals surface area contributed by atoms with Crippen LogP contribution in [0.5, 0.6) is 0 Å². The molecule has 0 bridgehead atoms. The van der Waals surface area contributed by atoms with E-state index in [9.17, 15) is 18.4 Å². The highest BCUT2D eigenvalue weighted by atomic mass is 19.1. The number of hydrogen-bond donors (Lipinski definition) is 1. The highest BCUT2D eigenvalue weighted by Gasteiger charge is 2.21. The molecular weight excluding hydrogens is 328 g/mol. The number of esters is 1. The minimum atomic E-state index is -0.785. The quantitative estimate of drug-likeness (QED) is 0.375. The van der Waals surface area contributed by atoms with Crippen LogP contribution in [0.15, 0.2) is 30.9 Å². The normalized spacial score (nSPS) is 11.6. The SMILES string of the molecule is C=CCCCCCC[C@@H](NC(=O)Cc1ccc(F)cc1F)C(=O)OC. The lowest BCUT2D eigenvalue weighted by Gasteiger charge is -2.16. The summed E-state index contributed by atoms with van der Waals surface area (Å²) in [7, 11) is 1.26. The monoisotopic (exact) mass is 353 g/mol. The molecule has 1 N–H and O–H groups in total. The van der Waals surface area contributed by atoms with Gasteiger partial charge in [-0.2, -0.15) is 0 Å². The average molecular weight is 353 g/mol. The molecule has 0 aliphatic heterocycles. The fourth-order valence-corrected chi connectivity index (χ4v) is 2.47. The minimum absolute atomic E-state index is 0.0759. The van der Waals surface area contributed by atoms with Crippen molar-refractivity contribution < 1.29 is 23.1 Å². The summed E-state index contributed by atoms with van der Waals surface area (Å²) in [6, 6.07) is 2.27. The van der Waals surface area contributed by atoms with E-state index in [2.05, 4.69) is 11.9 Å². The predicted molar refractivity (Wildman–Crippen MR) is 91.9 cm³/mol.